The summed E-state index contributed by atoms with van der Waals surface area (Å²) in [6, 6.07) is 0. The van der Waals surface area contributed by atoms with Crippen LogP contribution >= 0.6 is 27.3 Å². The Kier molecular flexibility index (Phi) is 2.93. The molecule has 0 radical (unpaired) electrons. The maximum Gasteiger partial charge on any atom is 0.114 e. The van der Waals surface area contributed by atoms with Gasteiger partial charge in [-0.05, 0) is 36.7 Å². The first-order chi connectivity index (χ1) is 7.08. The Morgan fingerprint density at radius 3 is 2.60 bits per heavy atom. The van der Waals surface area contributed by atoms with Crippen molar-refractivity contribution in [2.24, 2.45) is 0 Å². The predicted octanol–water partition coefficient (Wildman–Crippen LogP) is 3.08. The molecule has 0 saturated carbocycles. The maximum atomic E-state index is 4.45. The van der Waals surface area contributed by atoms with E-state index in [0.29, 0.717) is 0 Å². The minimum absolute atomic E-state index is 0.761. The lowest BCUT2D eigenvalue weighted by Gasteiger charge is -2.00. The lowest BCUT2D eigenvalue weighted by Crippen LogP contribution is -2.03. The molecule has 0 aliphatic heterocycles. The highest BCUT2D eigenvalue weighted by atomic mass is 79.9. The number of thiazole rings is 1. The molecule has 2 aromatic heterocycles. The first-order valence-electron chi connectivity index (χ1n) is 4.68. The maximum absolute atomic E-state index is 4.45. The van der Waals surface area contributed by atoms with E-state index in [2.05, 4.69) is 38.3 Å². The monoisotopic (exact) mass is 285 g/mol. The van der Waals surface area contributed by atoms with Gasteiger partial charge in [0.2, 0.25) is 0 Å². The van der Waals surface area contributed by atoms with E-state index in [4.69, 9.17) is 0 Å². The van der Waals surface area contributed by atoms with Crippen molar-refractivity contribution in [2.75, 3.05) is 0 Å². The first-order valence-corrected chi connectivity index (χ1v) is 6.35. The van der Waals surface area contributed by atoms with Crippen molar-refractivity contribution in [3.8, 4) is 0 Å². The van der Waals surface area contributed by atoms with Crippen molar-refractivity contribution in [1.29, 1.82) is 0 Å². The molecule has 0 aliphatic carbocycles. The van der Waals surface area contributed by atoms with Gasteiger partial charge in [-0.2, -0.15) is 5.10 Å². The molecule has 0 spiro atoms. The van der Waals surface area contributed by atoms with E-state index >= 15 is 0 Å². The summed E-state index contributed by atoms with van der Waals surface area (Å²) in [4.78, 5) is 4.43. The zero-order valence-electron chi connectivity index (χ0n) is 8.91. The topological polar surface area (TPSA) is 30.7 Å². The number of hydrogen-bond donors (Lipinski definition) is 0. The first kappa shape index (κ1) is 10.8. The third kappa shape index (κ3) is 2.13. The molecule has 3 nitrogen and oxygen atoms in total. The summed E-state index contributed by atoms with van der Waals surface area (Å²) in [5.74, 6) is 0. The van der Waals surface area contributed by atoms with Crippen LogP contribution in [0.3, 0.4) is 0 Å². The molecular weight excluding hydrogens is 274 g/mol. The highest BCUT2D eigenvalue weighted by Crippen LogP contribution is 2.21. The highest BCUT2D eigenvalue weighted by molar-refractivity contribution is 9.10. The van der Waals surface area contributed by atoms with Crippen molar-refractivity contribution in [2.45, 2.75) is 27.3 Å². The van der Waals surface area contributed by atoms with Gasteiger partial charge in [0.25, 0.3) is 0 Å². The summed E-state index contributed by atoms with van der Waals surface area (Å²) in [7, 11) is 0. The van der Waals surface area contributed by atoms with Crippen molar-refractivity contribution in [3.05, 3.63) is 31.9 Å². The van der Waals surface area contributed by atoms with Gasteiger partial charge >= 0.3 is 0 Å². The van der Waals surface area contributed by atoms with E-state index in [1.165, 1.54) is 0 Å². The van der Waals surface area contributed by atoms with Gasteiger partial charge in [0.15, 0.2) is 0 Å². The quantitative estimate of drug-likeness (QED) is 0.849. The molecule has 2 heterocycles. The van der Waals surface area contributed by atoms with Crippen molar-refractivity contribution in [3.63, 3.8) is 0 Å². The van der Waals surface area contributed by atoms with Crippen LogP contribution in [0.15, 0.2) is 9.85 Å². The zero-order valence-corrected chi connectivity index (χ0v) is 11.3. The predicted molar refractivity (Wildman–Crippen MR) is 65.4 cm³/mol. The molecule has 0 aromatic carbocycles. The second kappa shape index (κ2) is 4.06. The summed E-state index contributed by atoms with van der Waals surface area (Å²) in [5, 5.41) is 7.62. The second-order valence-corrected chi connectivity index (χ2v) is 5.26. The Labute approximate surface area is 101 Å². The highest BCUT2D eigenvalue weighted by Gasteiger charge is 2.09. The summed E-state index contributed by atoms with van der Waals surface area (Å²) >= 11 is 5.20. The minimum Gasteiger partial charge on any atom is -0.262 e. The van der Waals surface area contributed by atoms with E-state index in [-0.39, 0.29) is 0 Å². The number of hydrogen-bond acceptors (Lipinski definition) is 3. The van der Waals surface area contributed by atoms with Crippen LogP contribution in [-0.4, -0.2) is 14.8 Å². The number of aromatic nitrogens is 3. The fourth-order valence-electron chi connectivity index (χ4n) is 1.43. The molecule has 2 aromatic rings. The Hall–Kier alpha value is -0.680. The van der Waals surface area contributed by atoms with Crippen LogP contribution in [0.25, 0.3) is 0 Å². The van der Waals surface area contributed by atoms with Gasteiger partial charge < -0.3 is 0 Å². The minimum atomic E-state index is 0.761. The SMILES string of the molecule is Cc1csc(Cn2nc(C)c(Br)c2C)n1. The molecule has 5 heteroatoms. The van der Waals surface area contributed by atoms with Gasteiger partial charge in [0, 0.05) is 11.1 Å². The van der Waals surface area contributed by atoms with Crippen LogP contribution in [0.1, 0.15) is 22.1 Å². The van der Waals surface area contributed by atoms with Crippen LogP contribution in [0, 0.1) is 20.8 Å². The van der Waals surface area contributed by atoms with Gasteiger partial charge in [-0.15, -0.1) is 11.3 Å². The van der Waals surface area contributed by atoms with Gasteiger partial charge in [-0.3, -0.25) is 4.68 Å². The van der Waals surface area contributed by atoms with Crippen LogP contribution in [0.2, 0.25) is 0 Å². The Balaban J connectivity index is 2.28. The molecule has 0 N–H and O–H groups in total. The van der Waals surface area contributed by atoms with Gasteiger partial charge in [0.1, 0.15) is 5.01 Å². The molecule has 15 heavy (non-hydrogen) atoms. The van der Waals surface area contributed by atoms with Crippen LogP contribution < -0.4 is 0 Å². The van der Waals surface area contributed by atoms with Crippen LogP contribution in [-0.2, 0) is 6.54 Å². The summed E-state index contributed by atoms with van der Waals surface area (Å²) in [6.45, 7) is 6.83. The molecule has 2 rings (SSSR count). The standard InChI is InChI=1S/C10H12BrN3S/c1-6-5-15-9(12-6)4-14-8(3)10(11)7(2)13-14/h5H,4H2,1-3H3. The molecule has 0 unspecified atom stereocenters. The lowest BCUT2D eigenvalue weighted by molar-refractivity contribution is 0.655. The van der Waals surface area contributed by atoms with Gasteiger partial charge in [-0.1, -0.05) is 0 Å². The van der Waals surface area contributed by atoms with E-state index in [0.717, 1.165) is 33.1 Å². The fourth-order valence-corrected chi connectivity index (χ4v) is 2.47. The molecule has 0 fully saturated rings. The molecule has 0 amide bonds. The number of nitrogens with zero attached hydrogens (tertiary/aromatic N) is 3. The Morgan fingerprint density at radius 1 is 1.40 bits per heavy atom. The number of rotatable bonds is 2. The molecule has 0 bridgehead atoms. The zero-order chi connectivity index (χ0) is 11.0. The molecule has 80 valence electrons. The normalized spacial score (nSPS) is 10.9. The van der Waals surface area contributed by atoms with E-state index < -0.39 is 0 Å². The summed E-state index contributed by atoms with van der Waals surface area (Å²) in [5.41, 5.74) is 3.26. The third-order valence-electron chi connectivity index (χ3n) is 2.24. The van der Waals surface area contributed by atoms with Gasteiger partial charge in [-0.25, -0.2) is 4.98 Å². The van der Waals surface area contributed by atoms with Crippen LogP contribution in [0.4, 0.5) is 0 Å². The van der Waals surface area contributed by atoms with E-state index in [9.17, 15) is 0 Å². The largest absolute Gasteiger partial charge is 0.262 e. The lowest BCUT2D eigenvalue weighted by atomic mass is 10.4. The molecular formula is C10H12BrN3S. The smallest absolute Gasteiger partial charge is 0.114 e. The molecule has 0 aliphatic rings. The Bertz CT molecular complexity index is 487. The van der Waals surface area contributed by atoms with Crippen molar-refractivity contribution < 1.29 is 0 Å². The fraction of sp³-hybridized carbons (Fsp3) is 0.400. The summed E-state index contributed by atoms with van der Waals surface area (Å²) in [6.07, 6.45) is 0. The average molecular weight is 286 g/mol. The van der Waals surface area contributed by atoms with Crippen molar-refractivity contribution in [1.82, 2.24) is 14.8 Å². The van der Waals surface area contributed by atoms with E-state index in [1.54, 1.807) is 11.3 Å². The number of halogens is 1. The second-order valence-electron chi connectivity index (χ2n) is 3.53. The summed E-state index contributed by atoms with van der Waals surface area (Å²) < 4.78 is 3.08. The van der Waals surface area contributed by atoms with Crippen molar-refractivity contribution >= 4 is 27.3 Å². The van der Waals surface area contributed by atoms with Gasteiger partial charge in [0.05, 0.1) is 22.4 Å². The molecule has 0 atom stereocenters. The number of aryl methyl sites for hydroxylation is 2. The third-order valence-corrected chi connectivity index (χ3v) is 4.34. The molecule has 0 saturated heterocycles. The van der Waals surface area contributed by atoms with E-state index in [1.807, 2.05) is 18.5 Å². The Morgan fingerprint density at radius 2 is 2.13 bits per heavy atom. The van der Waals surface area contributed by atoms with Crippen LogP contribution in [0.5, 0.6) is 0 Å². The average Bonchev–Trinajstić information content (AvgIpc) is 2.68.